The summed E-state index contributed by atoms with van der Waals surface area (Å²) in [5, 5.41) is 5.67. The summed E-state index contributed by atoms with van der Waals surface area (Å²) in [5.41, 5.74) is 1.12. The molecule has 5 nitrogen and oxygen atoms in total. The molecule has 0 unspecified atom stereocenters. The lowest BCUT2D eigenvalue weighted by molar-refractivity contribution is -0.117. The van der Waals surface area contributed by atoms with E-state index in [1.807, 2.05) is 36.2 Å². The highest BCUT2D eigenvalue weighted by Gasteiger charge is 2.11. The summed E-state index contributed by atoms with van der Waals surface area (Å²) in [6, 6.07) is 13.7. The van der Waals surface area contributed by atoms with Gasteiger partial charge in [0.15, 0.2) is 5.82 Å². The summed E-state index contributed by atoms with van der Waals surface area (Å²) in [6.07, 6.45) is 1.44. The van der Waals surface area contributed by atoms with Crippen LogP contribution in [0, 0.1) is 0 Å². The molecular weight excluding hydrogens is 385 g/mol. The van der Waals surface area contributed by atoms with Gasteiger partial charge in [-0.1, -0.05) is 41.4 Å². The summed E-state index contributed by atoms with van der Waals surface area (Å²) < 4.78 is 5.25. The standard InChI is InChI=1S/C20H19Cl2N3O2/c1-25(12-19(26)24-20-18(22)9-16(21)10-23-20)11-13-3-4-15-8-17(27-2)6-5-14(15)7-13/h3-10H,11-12H2,1-2H3,(H,23,24,26). The highest BCUT2D eigenvalue weighted by atomic mass is 35.5. The highest BCUT2D eigenvalue weighted by Crippen LogP contribution is 2.23. The second-order valence-corrected chi connectivity index (χ2v) is 7.10. The van der Waals surface area contributed by atoms with Crippen molar-refractivity contribution < 1.29 is 9.53 Å². The molecule has 0 aliphatic carbocycles. The second kappa shape index (κ2) is 8.57. The molecule has 2 aromatic carbocycles. The van der Waals surface area contributed by atoms with Gasteiger partial charge in [0.2, 0.25) is 5.91 Å². The van der Waals surface area contributed by atoms with Crippen LogP contribution in [0.15, 0.2) is 48.7 Å². The van der Waals surface area contributed by atoms with Crippen LogP contribution in [0.4, 0.5) is 5.82 Å². The molecule has 7 heteroatoms. The predicted octanol–water partition coefficient (Wildman–Crippen LogP) is 4.62. The van der Waals surface area contributed by atoms with Gasteiger partial charge in [0.05, 0.1) is 23.7 Å². The van der Waals surface area contributed by atoms with E-state index in [0.717, 1.165) is 22.1 Å². The lowest BCUT2D eigenvalue weighted by atomic mass is 10.1. The molecule has 1 N–H and O–H groups in total. The first-order valence-electron chi connectivity index (χ1n) is 8.31. The van der Waals surface area contributed by atoms with Gasteiger partial charge in [0.25, 0.3) is 0 Å². The van der Waals surface area contributed by atoms with E-state index in [4.69, 9.17) is 27.9 Å². The molecule has 1 heterocycles. The van der Waals surface area contributed by atoms with Crippen LogP contribution >= 0.6 is 23.2 Å². The number of nitrogens with zero attached hydrogens (tertiary/aromatic N) is 2. The molecule has 3 rings (SSSR count). The Balaban J connectivity index is 1.62. The van der Waals surface area contributed by atoms with Gasteiger partial charge in [-0.3, -0.25) is 9.69 Å². The summed E-state index contributed by atoms with van der Waals surface area (Å²) in [7, 11) is 3.54. The van der Waals surface area contributed by atoms with Gasteiger partial charge in [-0.05, 0) is 47.6 Å². The zero-order valence-electron chi connectivity index (χ0n) is 15.0. The van der Waals surface area contributed by atoms with Crippen molar-refractivity contribution in [3.8, 4) is 5.75 Å². The van der Waals surface area contributed by atoms with E-state index >= 15 is 0 Å². The van der Waals surface area contributed by atoms with Crippen LogP contribution in [-0.2, 0) is 11.3 Å². The summed E-state index contributed by atoms with van der Waals surface area (Å²) in [6.45, 7) is 0.846. The molecule has 0 bridgehead atoms. The van der Waals surface area contributed by atoms with Gasteiger partial charge in [-0.2, -0.15) is 0 Å². The minimum atomic E-state index is -0.195. The summed E-state index contributed by atoms with van der Waals surface area (Å²) in [4.78, 5) is 18.2. The molecule has 0 saturated heterocycles. The lowest BCUT2D eigenvalue weighted by Gasteiger charge is -2.17. The van der Waals surface area contributed by atoms with E-state index in [-0.39, 0.29) is 12.5 Å². The number of carbonyl (C=O) groups excluding carboxylic acids is 1. The topological polar surface area (TPSA) is 54.5 Å². The summed E-state index contributed by atoms with van der Waals surface area (Å²) >= 11 is 11.8. The molecule has 3 aromatic rings. The normalized spacial score (nSPS) is 11.0. The number of nitrogens with one attached hydrogen (secondary N) is 1. The van der Waals surface area contributed by atoms with E-state index in [2.05, 4.69) is 22.4 Å². The number of hydrogen-bond acceptors (Lipinski definition) is 4. The third-order valence-corrected chi connectivity index (χ3v) is 4.54. The van der Waals surface area contributed by atoms with Crippen LogP contribution in [0.3, 0.4) is 0 Å². The number of hydrogen-bond donors (Lipinski definition) is 1. The van der Waals surface area contributed by atoms with Gasteiger partial charge in [-0.15, -0.1) is 0 Å². The minimum absolute atomic E-state index is 0.195. The number of carbonyl (C=O) groups is 1. The smallest absolute Gasteiger partial charge is 0.239 e. The fraction of sp³-hybridized carbons (Fsp3) is 0.200. The fourth-order valence-electron chi connectivity index (χ4n) is 2.79. The number of halogens is 2. The molecule has 1 amide bonds. The van der Waals surface area contributed by atoms with Gasteiger partial charge in [0.1, 0.15) is 5.75 Å². The molecular formula is C20H19Cl2N3O2. The van der Waals surface area contributed by atoms with Crippen molar-refractivity contribution in [3.63, 3.8) is 0 Å². The van der Waals surface area contributed by atoms with Crippen LogP contribution < -0.4 is 10.1 Å². The molecule has 0 spiro atoms. The molecule has 140 valence electrons. The number of fused-ring (bicyclic) bond motifs is 1. The average molecular weight is 404 g/mol. The second-order valence-electron chi connectivity index (χ2n) is 6.25. The van der Waals surface area contributed by atoms with E-state index in [1.165, 1.54) is 6.20 Å². The van der Waals surface area contributed by atoms with Crippen molar-refractivity contribution in [2.75, 3.05) is 26.0 Å². The van der Waals surface area contributed by atoms with Crippen LogP contribution in [-0.4, -0.2) is 36.5 Å². The number of aromatic nitrogens is 1. The Morgan fingerprint density at radius 3 is 2.63 bits per heavy atom. The van der Waals surface area contributed by atoms with Crippen LogP contribution in [0.25, 0.3) is 10.8 Å². The number of amides is 1. The van der Waals surface area contributed by atoms with Crippen molar-refractivity contribution in [1.29, 1.82) is 0 Å². The SMILES string of the molecule is COc1ccc2cc(CN(C)CC(=O)Nc3ncc(Cl)cc3Cl)ccc2c1. The maximum Gasteiger partial charge on any atom is 0.239 e. The number of anilines is 1. The largest absolute Gasteiger partial charge is 0.497 e. The van der Waals surface area contributed by atoms with Gasteiger partial charge in [0, 0.05) is 12.7 Å². The van der Waals surface area contributed by atoms with Crippen LogP contribution in [0.5, 0.6) is 5.75 Å². The Kier molecular flexibility index (Phi) is 6.16. The number of ether oxygens (including phenoxy) is 1. The van der Waals surface area contributed by atoms with Gasteiger partial charge >= 0.3 is 0 Å². The third kappa shape index (κ3) is 5.10. The quantitative estimate of drug-likeness (QED) is 0.652. The predicted molar refractivity (Wildman–Crippen MR) is 110 cm³/mol. The Bertz CT molecular complexity index is 979. The Morgan fingerprint density at radius 2 is 1.89 bits per heavy atom. The Morgan fingerprint density at radius 1 is 1.15 bits per heavy atom. The fourth-order valence-corrected chi connectivity index (χ4v) is 3.22. The van der Waals surface area contributed by atoms with Gasteiger partial charge in [-0.25, -0.2) is 4.98 Å². The highest BCUT2D eigenvalue weighted by molar-refractivity contribution is 6.36. The number of rotatable bonds is 6. The Hall–Kier alpha value is -2.34. The molecule has 0 saturated carbocycles. The molecule has 0 aliphatic heterocycles. The number of benzene rings is 2. The Labute approximate surface area is 167 Å². The maximum absolute atomic E-state index is 12.2. The van der Waals surface area contributed by atoms with Crippen LogP contribution in [0.2, 0.25) is 10.0 Å². The zero-order chi connectivity index (χ0) is 19.4. The van der Waals surface area contributed by atoms with Crippen LogP contribution in [0.1, 0.15) is 5.56 Å². The summed E-state index contributed by atoms with van der Waals surface area (Å²) in [5.74, 6) is 0.942. The molecule has 1 aromatic heterocycles. The number of methoxy groups -OCH3 is 1. The van der Waals surface area contributed by atoms with Crippen molar-refractivity contribution in [2.45, 2.75) is 6.54 Å². The van der Waals surface area contributed by atoms with E-state index < -0.39 is 0 Å². The van der Waals surface area contributed by atoms with E-state index in [0.29, 0.717) is 22.4 Å². The first kappa shape index (κ1) is 19.4. The molecule has 0 aliphatic rings. The maximum atomic E-state index is 12.2. The number of likely N-dealkylation sites (N-methyl/N-ethyl adjacent to an activating group) is 1. The lowest BCUT2D eigenvalue weighted by Crippen LogP contribution is -2.30. The van der Waals surface area contributed by atoms with Crippen molar-refractivity contribution in [2.24, 2.45) is 0 Å². The molecule has 0 fully saturated rings. The molecule has 0 radical (unpaired) electrons. The van der Waals surface area contributed by atoms with Crippen molar-refractivity contribution in [1.82, 2.24) is 9.88 Å². The molecule has 0 atom stereocenters. The first-order valence-corrected chi connectivity index (χ1v) is 9.06. The zero-order valence-corrected chi connectivity index (χ0v) is 16.5. The van der Waals surface area contributed by atoms with Gasteiger partial charge < -0.3 is 10.1 Å². The van der Waals surface area contributed by atoms with E-state index in [1.54, 1.807) is 13.2 Å². The minimum Gasteiger partial charge on any atom is -0.497 e. The number of pyridine rings is 1. The first-order chi connectivity index (χ1) is 12.9. The van der Waals surface area contributed by atoms with Crippen molar-refractivity contribution in [3.05, 3.63) is 64.3 Å². The average Bonchev–Trinajstić information content (AvgIpc) is 2.63. The monoisotopic (exact) mass is 403 g/mol. The van der Waals surface area contributed by atoms with E-state index in [9.17, 15) is 4.79 Å². The molecule has 27 heavy (non-hydrogen) atoms. The van der Waals surface area contributed by atoms with Crippen molar-refractivity contribution >= 4 is 45.7 Å². The third-order valence-electron chi connectivity index (χ3n) is 4.04.